The molecule has 2 aliphatic rings. The van der Waals surface area contributed by atoms with Crippen molar-refractivity contribution < 1.29 is 14.1 Å². The number of para-hydroxylation sites is 1. The minimum atomic E-state index is -0.202. The molecule has 25 heavy (non-hydrogen) atoms. The first-order chi connectivity index (χ1) is 12.1. The Bertz CT molecular complexity index is 771. The lowest BCUT2D eigenvalue weighted by molar-refractivity contribution is -0.134. The maximum absolute atomic E-state index is 13.0. The molecule has 6 heteroatoms. The predicted octanol–water partition coefficient (Wildman–Crippen LogP) is 3.08. The van der Waals surface area contributed by atoms with Crippen LogP contribution < -0.4 is 4.74 Å². The van der Waals surface area contributed by atoms with E-state index in [-0.39, 0.29) is 23.7 Å². The van der Waals surface area contributed by atoms with Gasteiger partial charge in [-0.1, -0.05) is 37.2 Å². The van der Waals surface area contributed by atoms with Gasteiger partial charge in [0.25, 0.3) is 0 Å². The normalized spacial score (nSPS) is 22.8. The monoisotopic (exact) mass is 341 g/mol. The summed E-state index contributed by atoms with van der Waals surface area (Å²) < 4.78 is 11.0. The SMILES string of the molecule is CC(C)c1nc([C@@H]2CCCN(C(=O)[C@@H]3COc4ccccc43)C2)no1. The van der Waals surface area contributed by atoms with E-state index in [4.69, 9.17) is 9.26 Å². The molecule has 132 valence electrons. The number of piperidine rings is 1. The molecule has 1 saturated heterocycles. The molecule has 1 aromatic heterocycles. The number of carbonyl (C=O) groups excluding carboxylic acids is 1. The third kappa shape index (κ3) is 3.01. The van der Waals surface area contributed by atoms with Gasteiger partial charge in [0.15, 0.2) is 5.82 Å². The third-order valence-corrected chi connectivity index (χ3v) is 5.05. The van der Waals surface area contributed by atoms with Crippen LogP contribution in [-0.4, -0.2) is 40.6 Å². The topological polar surface area (TPSA) is 68.5 Å². The van der Waals surface area contributed by atoms with Crippen LogP contribution in [0.25, 0.3) is 0 Å². The van der Waals surface area contributed by atoms with Gasteiger partial charge in [0.05, 0.1) is 0 Å². The molecule has 2 aliphatic heterocycles. The molecule has 0 bridgehead atoms. The quantitative estimate of drug-likeness (QED) is 0.858. The van der Waals surface area contributed by atoms with Crippen molar-refractivity contribution in [1.29, 1.82) is 0 Å². The zero-order chi connectivity index (χ0) is 17.4. The molecule has 0 saturated carbocycles. The minimum Gasteiger partial charge on any atom is -0.492 e. The van der Waals surface area contributed by atoms with Crippen LogP contribution in [0.3, 0.4) is 0 Å². The Hall–Kier alpha value is -2.37. The number of aromatic nitrogens is 2. The summed E-state index contributed by atoms with van der Waals surface area (Å²) in [6.07, 6.45) is 1.94. The van der Waals surface area contributed by atoms with Crippen LogP contribution in [-0.2, 0) is 4.79 Å². The van der Waals surface area contributed by atoms with Crippen LogP contribution in [0, 0.1) is 0 Å². The van der Waals surface area contributed by atoms with E-state index in [1.165, 1.54) is 0 Å². The van der Waals surface area contributed by atoms with Crippen molar-refractivity contribution in [1.82, 2.24) is 15.0 Å². The standard InChI is InChI=1S/C19H23N3O3/c1-12(2)18-20-17(21-25-18)13-6-5-9-22(10-13)19(23)15-11-24-16-8-4-3-7-14(15)16/h3-4,7-8,12-13,15H,5-6,9-11H2,1-2H3/t13-,15-/m1/s1. The van der Waals surface area contributed by atoms with Crippen molar-refractivity contribution in [3.05, 3.63) is 41.5 Å². The number of rotatable bonds is 3. The molecule has 0 N–H and O–H groups in total. The van der Waals surface area contributed by atoms with Crippen molar-refractivity contribution in [2.75, 3.05) is 19.7 Å². The van der Waals surface area contributed by atoms with Gasteiger partial charge in [-0.25, -0.2) is 0 Å². The summed E-state index contributed by atoms with van der Waals surface area (Å²) in [5.74, 6) is 2.52. The lowest BCUT2D eigenvalue weighted by Gasteiger charge is -2.32. The number of likely N-dealkylation sites (tertiary alicyclic amines) is 1. The van der Waals surface area contributed by atoms with E-state index in [0.717, 1.165) is 36.5 Å². The van der Waals surface area contributed by atoms with Gasteiger partial charge in [-0.3, -0.25) is 4.79 Å². The molecule has 0 radical (unpaired) electrons. The van der Waals surface area contributed by atoms with Gasteiger partial charge in [-0.05, 0) is 18.9 Å². The van der Waals surface area contributed by atoms with Crippen LogP contribution in [0.2, 0.25) is 0 Å². The van der Waals surface area contributed by atoms with Crippen molar-refractivity contribution in [3.63, 3.8) is 0 Å². The highest BCUT2D eigenvalue weighted by atomic mass is 16.5. The maximum atomic E-state index is 13.0. The number of ether oxygens (including phenoxy) is 1. The second-order valence-corrected chi connectivity index (χ2v) is 7.17. The van der Waals surface area contributed by atoms with E-state index >= 15 is 0 Å². The van der Waals surface area contributed by atoms with E-state index < -0.39 is 0 Å². The van der Waals surface area contributed by atoms with Crippen molar-refractivity contribution >= 4 is 5.91 Å². The number of amides is 1. The summed E-state index contributed by atoms with van der Waals surface area (Å²) in [6.45, 7) is 5.92. The highest BCUT2D eigenvalue weighted by Gasteiger charge is 2.36. The van der Waals surface area contributed by atoms with Gasteiger partial charge >= 0.3 is 0 Å². The van der Waals surface area contributed by atoms with E-state index in [0.29, 0.717) is 19.0 Å². The molecule has 6 nitrogen and oxygen atoms in total. The molecule has 4 rings (SSSR count). The largest absolute Gasteiger partial charge is 0.492 e. The van der Waals surface area contributed by atoms with Gasteiger partial charge in [-0.15, -0.1) is 0 Å². The van der Waals surface area contributed by atoms with Crippen LogP contribution in [0.5, 0.6) is 5.75 Å². The summed E-state index contributed by atoms with van der Waals surface area (Å²) in [7, 11) is 0. The number of carbonyl (C=O) groups is 1. The van der Waals surface area contributed by atoms with E-state index in [1.54, 1.807) is 0 Å². The number of fused-ring (bicyclic) bond motifs is 1. The average Bonchev–Trinajstić information content (AvgIpc) is 3.28. The van der Waals surface area contributed by atoms with Gasteiger partial charge in [-0.2, -0.15) is 4.98 Å². The van der Waals surface area contributed by atoms with Crippen LogP contribution in [0.15, 0.2) is 28.8 Å². The maximum Gasteiger partial charge on any atom is 0.233 e. The zero-order valence-electron chi connectivity index (χ0n) is 14.6. The van der Waals surface area contributed by atoms with Crippen LogP contribution in [0.4, 0.5) is 0 Å². The first-order valence-corrected chi connectivity index (χ1v) is 8.97. The third-order valence-electron chi connectivity index (χ3n) is 5.05. The Morgan fingerprint density at radius 3 is 2.96 bits per heavy atom. The number of nitrogens with zero attached hydrogens (tertiary/aromatic N) is 3. The smallest absolute Gasteiger partial charge is 0.233 e. The molecule has 3 heterocycles. The Morgan fingerprint density at radius 2 is 2.16 bits per heavy atom. The molecule has 0 aliphatic carbocycles. The Labute approximate surface area is 147 Å². The lowest BCUT2D eigenvalue weighted by Crippen LogP contribution is -2.42. The van der Waals surface area contributed by atoms with E-state index in [2.05, 4.69) is 10.1 Å². The van der Waals surface area contributed by atoms with Gasteiger partial charge < -0.3 is 14.2 Å². The fourth-order valence-electron chi connectivity index (χ4n) is 3.62. The summed E-state index contributed by atoms with van der Waals surface area (Å²) >= 11 is 0. The van der Waals surface area contributed by atoms with Crippen molar-refractivity contribution in [2.45, 2.75) is 44.4 Å². The van der Waals surface area contributed by atoms with Crippen LogP contribution in [0.1, 0.15) is 61.7 Å². The zero-order valence-corrected chi connectivity index (χ0v) is 14.6. The minimum absolute atomic E-state index is 0.141. The first-order valence-electron chi connectivity index (χ1n) is 8.97. The highest BCUT2D eigenvalue weighted by molar-refractivity contribution is 5.85. The van der Waals surface area contributed by atoms with Crippen molar-refractivity contribution in [2.24, 2.45) is 0 Å². The molecular formula is C19H23N3O3. The fraction of sp³-hybridized carbons (Fsp3) is 0.526. The lowest BCUT2D eigenvalue weighted by atomic mass is 9.94. The molecule has 2 atom stereocenters. The molecule has 0 spiro atoms. The summed E-state index contributed by atoms with van der Waals surface area (Å²) in [6, 6.07) is 7.81. The fourth-order valence-corrected chi connectivity index (χ4v) is 3.62. The van der Waals surface area contributed by atoms with Gasteiger partial charge in [0.1, 0.15) is 18.3 Å². The predicted molar refractivity (Wildman–Crippen MR) is 91.6 cm³/mol. The number of hydrogen-bond acceptors (Lipinski definition) is 5. The Morgan fingerprint density at radius 1 is 1.32 bits per heavy atom. The van der Waals surface area contributed by atoms with Gasteiger partial charge in [0, 0.05) is 30.5 Å². The summed E-state index contributed by atoms with van der Waals surface area (Å²) in [5, 5.41) is 4.14. The van der Waals surface area contributed by atoms with Crippen molar-refractivity contribution in [3.8, 4) is 5.75 Å². The van der Waals surface area contributed by atoms with E-state index in [1.807, 2.05) is 43.0 Å². The molecule has 1 amide bonds. The van der Waals surface area contributed by atoms with Gasteiger partial charge in [0.2, 0.25) is 11.8 Å². The molecule has 0 unspecified atom stereocenters. The second kappa shape index (κ2) is 6.50. The summed E-state index contributed by atoms with van der Waals surface area (Å²) in [4.78, 5) is 19.5. The van der Waals surface area contributed by atoms with Crippen LogP contribution >= 0.6 is 0 Å². The Balaban J connectivity index is 1.48. The highest BCUT2D eigenvalue weighted by Crippen LogP contribution is 2.36. The molecular weight excluding hydrogens is 318 g/mol. The molecule has 1 aromatic carbocycles. The molecule has 2 aromatic rings. The molecule has 1 fully saturated rings. The Kier molecular flexibility index (Phi) is 4.19. The summed E-state index contributed by atoms with van der Waals surface area (Å²) in [5.41, 5.74) is 0.997. The number of benzene rings is 1. The number of hydrogen-bond donors (Lipinski definition) is 0. The first kappa shape index (κ1) is 16.1. The average molecular weight is 341 g/mol. The second-order valence-electron chi connectivity index (χ2n) is 7.17. The van der Waals surface area contributed by atoms with E-state index in [9.17, 15) is 4.79 Å².